The molecule has 0 fully saturated rings. The van der Waals surface area contributed by atoms with E-state index in [4.69, 9.17) is 27.6 Å². The predicted molar refractivity (Wildman–Crippen MR) is 113 cm³/mol. The van der Waals surface area contributed by atoms with Gasteiger partial charge in [-0.15, -0.1) is 10.2 Å². The van der Waals surface area contributed by atoms with Crippen LogP contribution in [0, 0.1) is 6.92 Å². The third-order valence-electron chi connectivity index (χ3n) is 4.31. The van der Waals surface area contributed by atoms with Crippen molar-refractivity contribution in [2.75, 3.05) is 5.32 Å². The zero-order valence-corrected chi connectivity index (χ0v) is 16.6. The Morgan fingerprint density at radius 1 is 0.893 bits per heavy atom. The summed E-state index contributed by atoms with van der Waals surface area (Å²) in [5.41, 5.74) is 3.61. The fourth-order valence-corrected chi connectivity index (χ4v) is 3.40. The van der Waals surface area contributed by atoms with E-state index in [0.29, 0.717) is 21.8 Å². The van der Waals surface area contributed by atoms with Crippen LogP contribution < -0.4 is 5.32 Å². The van der Waals surface area contributed by atoms with Crippen LogP contribution in [-0.2, 0) is 0 Å². The van der Waals surface area contributed by atoms with E-state index in [2.05, 4.69) is 15.5 Å². The van der Waals surface area contributed by atoms with Crippen LogP contribution in [0.5, 0.6) is 0 Å². The van der Waals surface area contributed by atoms with Crippen LogP contribution in [0.4, 0.5) is 5.69 Å². The highest BCUT2D eigenvalue weighted by atomic mass is 35.5. The summed E-state index contributed by atoms with van der Waals surface area (Å²) in [6.07, 6.45) is 0. The summed E-state index contributed by atoms with van der Waals surface area (Å²) in [5, 5.41) is 13.1. The van der Waals surface area contributed by atoms with Gasteiger partial charge in [0.25, 0.3) is 0 Å². The molecule has 4 aromatic rings. The first-order chi connectivity index (χ1) is 13.6. The van der Waals surface area contributed by atoms with Crippen LogP contribution in [0.25, 0.3) is 11.5 Å². The van der Waals surface area contributed by atoms with Crippen LogP contribution in [-0.4, -0.2) is 10.2 Å². The molecule has 0 saturated carbocycles. The van der Waals surface area contributed by atoms with Gasteiger partial charge in [-0.25, -0.2) is 0 Å². The second kappa shape index (κ2) is 8.05. The number of nitrogens with one attached hydrogen (secondary N) is 1. The molecule has 0 aliphatic carbocycles. The number of hydrogen-bond acceptors (Lipinski definition) is 4. The molecule has 0 spiro atoms. The van der Waals surface area contributed by atoms with Gasteiger partial charge in [0.1, 0.15) is 6.04 Å². The van der Waals surface area contributed by atoms with Gasteiger partial charge >= 0.3 is 0 Å². The summed E-state index contributed by atoms with van der Waals surface area (Å²) >= 11 is 12.6. The maximum Gasteiger partial charge on any atom is 0.247 e. The van der Waals surface area contributed by atoms with Crippen LogP contribution in [0.2, 0.25) is 10.0 Å². The number of anilines is 1. The molecule has 4 nitrogen and oxygen atoms in total. The average molecular weight is 410 g/mol. The highest BCUT2D eigenvalue weighted by Crippen LogP contribution is 2.32. The Kier molecular flexibility index (Phi) is 5.33. The van der Waals surface area contributed by atoms with Crippen molar-refractivity contribution in [1.29, 1.82) is 0 Å². The lowest BCUT2D eigenvalue weighted by atomic mass is 10.1. The van der Waals surface area contributed by atoms with Gasteiger partial charge in [0, 0.05) is 10.6 Å². The standard InChI is InChI=1S/C22H17Cl2N3O/c1-14-10-11-19(18(24)12-14)25-20(16-8-5-9-17(23)13-16)22-27-26-21(28-22)15-6-3-2-4-7-15/h2-13,20,25H,1H3/t20-/m0/s1. The molecule has 0 aliphatic rings. The lowest BCUT2D eigenvalue weighted by Crippen LogP contribution is -2.13. The number of benzene rings is 3. The van der Waals surface area contributed by atoms with E-state index in [1.54, 1.807) is 0 Å². The second-order valence-electron chi connectivity index (χ2n) is 6.43. The molecule has 4 rings (SSSR count). The molecule has 1 heterocycles. The molecule has 140 valence electrons. The SMILES string of the molecule is Cc1ccc(N[C@@H](c2cccc(Cl)c2)c2nnc(-c3ccccc3)o2)c(Cl)c1. The monoisotopic (exact) mass is 409 g/mol. The van der Waals surface area contributed by atoms with E-state index >= 15 is 0 Å². The van der Waals surface area contributed by atoms with Crippen molar-refractivity contribution in [3.05, 3.63) is 99.9 Å². The summed E-state index contributed by atoms with van der Waals surface area (Å²) in [6.45, 7) is 1.99. The smallest absolute Gasteiger partial charge is 0.247 e. The maximum atomic E-state index is 6.43. The Morgan fingerprint density at radius 2 is 1.71 bits per heavy atom. The lowest BCUT2D eigenvalue weighted by Gasteiger charge is -2.18. The third-order valence-corrected chi connectivity index (χ3v) is 4.86. The van der Waals surface area contributed by atoms with Crippen LogP contribution in [0.15, 0.2) is 77.2 Å². The molecule has 0 bridgehead atoms. The number of hydrogen-bond donors (Lipinski definition) is 1. The molecule has 1 aromatic heterocycles. The van der Waals surface area contributed by atoms with Crippen molar-refractivity contribution in [1.82, 2.24) is 10.2 Å². The molecule has 1 atom stereocenters. The Hall–Kier alpha value is -2.82. The van der Waals surface area contributed by atoms with Gasteiger partial charge in [-0.1, -0.05) is 59.6 Å². The van der Waals surface area contributed by atoms with E-state index in [1.165, 1.54) is 0 Å². The Morgan fingerprint density at radius 3 is 2.46 bits per heavy atom. The Bertz CT molecular complexity index is 1100. The molecule has 28 heavy (non-hydrogen) atoms. The molecular formula is C22H17Cl2N3O. The molecule has 0 unspecified atom stereocenters. The first kappa shape index (κ1) is 18.5. The van der Waals surface area contributed by atoms with E-state index in [-0.39, 0.29) is 0 Å². The zero-order valence-electron chi connectivity index (χ0n) is 15.1. The van der Waals surface area contributed by atoms with Gasteiger partial charge in [0.15, 0.2) is 0 Å². The van der Waals surface area contributed by atoms with Crippen molar-refractivity contribution in [2.45, 2.75) is 13.0 Å². The van der Waals surface area contributed by atoms with Crippen LogP contribution in [0.1, 0.15) is 23.1 Å². The minimum Gasteiger partial charge on any atom is -0.418 e. The Labute approximate surface area is 173 Å². The van der Waals surface area contributed by atoms with Crippen molar-refractivity contribution in [2.24, 2.45) is 0 Å². The first-order valence-electron chi connectivity index (χ1n) is 8.77. The van der Waals surface area contributed by atoms with E-state index in [9.17, 15) is 0 Å². The van der Waals surface area contributed by atoms with Crippen LogP contribution in [0.3, 0.4) is 0 Å². The summed E-state index contributed by atoms with van der Waals surface area (Å²) in [7, 11) is 0. The molecule has 0 radical (unpaired) electrons. The minimum atomic E-state index is -0.399. The van der Waals surface area contributed by atoms with Crippen molar-refractivity contribution >= 4 is 28.9 Å². The molecule has 0 saturated heterocycles. The van der Waals surface area contributed by atoms with Gasteiger partial charge in [-0.2, -0.15) is 0 Å². The number of rotatable bonds is 5. The summed E-state index contributed by atoms with van der Waals surface area (Å²) in [5.74, 6) is 0.886. The minimum absolute atomic E-state index is 0.399. The second-order valence-corrected chi connectivity index (χ2v) is 7.27. The Balaban J connectivity index is 1.74. The first-order valence-corrected chi connectivity index (χ1v) is 9.53. The van der Waals surface area contributed by atoms with Gasteiger partial charge in [0.2, 0.25) is 11.8 Å². The summed E-state index contributed by atoms with van der Waals surface area (Å²) in [6, 6.07) is 22.6. The quantitative estimate of drug-likeness (QED) is 0.405. The zero-order chi connectivity index (χ0) is 19.5. The van der Waals surface area contributed by atoms with E-state index in [1.807, 2.05) is 79.7 Å². The van der Waals surface area contributed by atoms with Crippen molar-refractivity contribution < 1.29 is 4.42 Å². The molecule has 0 aliphatic heterocycles. The van der Waals surface area contributed by atoms with Gasteiger partial charge in [-0.05, 0) is 54.4 Å². The van der Waals surface area contributed by atoms with E-state index < -0.39 is 6.04 Å². The largest absolute Gasteiger partial charge is 0.418 e. The molecule has 1 N–H and O–H groups in total. The molecule has 0 amide bonds. The number of halogens is 2. The van der Waals surface area contributed by atoms with Crippen molar-refractivity contribution in [3.8, 4) is 11.5 Å². The van der Waals surface area contributed by atoms with E-state index in [0.717, 1.165) is 22.4 Å². The molecule has 3 aromatic carbocycles. The highest BCUT2D eigenvalue weighted by molar-refractivity contribution is 6.33. The highest BCUT2D eigenvalue weighted by Gasteiger charge is 2.22. The van der Waals surface area contributed by atoms with Crippen LogP contribution >= 0.6 is 23.2 Å². The third kappa shape index (κ3) is 4.03. The topological polar surface area (TPSA) is 51.0 Å². The fraction of sp³-hybridized carbons (Fsp3) is 0.0909. The maximum absolute atomic E-state index is 6.43. The molecule has 6 heteroatoms. The normalized spacial score (nSPS) is 12.0. The van der Waals surface area contributed by atoms with Gasteiger partial charge < -0.3 is 9.73 Å². The number of nitrogens with zero attached hydrogens (tertiary/aromatic N) is 2. The lowest BCUT2D eigenvalue weighted by molar-refractivity contribution is 0.494. The van der Waals surface area contributed by atoms with Gasteiger partial charge in [-0.3, -0.25) is 0 Å². The number of aryl methyl sites for hydroxylation is 1. The van der Waals surface area contributed by atoms with Crippen molar-refractivity contribution in [3.63, 3.8) is 0 Å². The predicted octanol–water partition coefficient (Wildman–Crippen LogP) is 6.55. The average Bonchev–Trinajstić information content (AvgIpc) is 3.18. The summed E-state index contributed by atoms with van der Waals surface area (Å²) < 4.78 is 5.99. The fourth-order valence-electron chi connectivity index (χ4n) is 2.92. The van der Waals surface area contributed by atoms with Gasteiger partial charge in [0.05, 0.1) is 10.7 Å². The number of aromatic nitrogens is 2. The summed E-state index contributed by atoms with van der Waals surface area (Å²) in [4.78, 5) is 0. The molecular weight excluding hydrogens is 393 g/mol.